The fourth-order valence-corrected chi connectivity index (χ4v) is 0. The summed E-state index contributed by atoms with van der Waals surface area (Å²) in [6.07, 6.45) is 0. The Labute approximate surface area is 103 Å². The van der Waals surface area contributed by atoms with Crippen LogP contribution in [-0.2, 0) is 44.1 Å². The first-order chi connectivity index (χ1) is 0. The second kappa shape index (κ2) is 16.2. The molecule has 0 fully saturated rings. The van der Waals surface area contributed by atoms with E-state index in [9.17, 15) is 0 Å². The Kier molecular flexibility index (Phi) is 108. The third-order valence-corrected chi connectivity index (χ3v) is 0. The molecule has 0 aliphatic rings. The van der Waals surface area contributed by atoms with Crippen LogP contribution in [0.5, 0.6) is 0 Å². The van der Waals surface area contributed by atoms with Crippen LogP contribution >= 0.6 is 0 Å². The molecule has 4 heteroatoms. The van der Waals surface area contributed by atoms with Gasteiger partial charge in [0.05, 0.1) is 0 Å². The van der Waals surface area contributed by atoms with Gasteiger partial charge in [-0.3, -0.25) is 0 Å². The normalized spacial score (nSPS) is 0. The summed E-state index contributed by atoms with van der Waals surface area (Å²) >= 11 is 0. The van der Waals surface area contributed by atoms with Crippen LogP contribution in [0.3, 0.4) is 0 Å². The van der Waals surface area contributed by atoms with E-state index >= 15 is 0 Å². The average Bonchev–Trinajstić information content (AvgIpc) is 0. The van der Waals surface area contributed by atoms with Gasteiger partial charge < -0.3 is 4.28 Å². The summed E-state index contributed by atoms with van der Waals surface area (Å²) in [5.74, 6) is 0. The van der Waals surface area contributed by atoms with Crippen LogP contribution in [0.25, 0.3) is 0 Å². The SMILES string of the molecule is [Ca+2].[H-].[H-].[H-].[Li+].[Nb].[Ti]. The second-order valence-electron chi connectivity index (χ2n) is 0. The Morgan fingerprint density at radius 3 is 1.25 bits per heavy atom. The van der Waals surface area contributed by atoms with Gasteiger partial charge in [0.15, 0.2) is 0 Å². The van der Waals surface area contributed by atoms with Gasteiger partial charge in [-0.25, -0.2) is 0 Å². The van der Waals surface area contributed by atoms with Crippen molar-refractivity contribution in [3.8, 4) is 0 Å². The summed E-state index contributed by atoms with van der Waals surface area (Å²) in [6, 6.07) is 0. The summed E-state index contributed by atoms with van der Waals surface area (Å²) in [5, 5.41) is 0. The zero-order valence-electron chi connectivity index (χ0n) is 5.65. The predicted octanol–water partition coefficient (Wildman–Crippen LogP) is -3.04. The minimum Gasteiger partial charge on any atom is -1.00 e. The fourth-order valence-electron chi connectivity index (χ4n) is 0. The summed E-state index contributed by atoms with van der Waals surface area (Å²) in [7, 11) is 0. The molecule has 0 atom stereocenters. The molecule has 0 saturated carbocycles. The molecule has 0 rings (SSSR count). The van der Waals surface area contributed by atoms with Crippen molar-refractivity contribution in [3.05, 3.63) is 0 Å². The van der Waals surface area contributed by atoms with Crippen LogP contribution in [0, 0.1) is 0 Å². The molecule has 0 saturated heterocycles. The molecule has 0 aromatic heterocycles. The van der Waals surface area contributed by atoms with Gasteiger partial charge in [-0.2, -0.15) is 0 Å². The van der Waals surface area contributed by atoms with Crippen molar-refractivity contribution in [1.82, 2.24) is 0 Å². The molecule has 0 amide bonds. The van der Waals surface area contributed by atoms with Gasteiger partial charge >= 0.3 is 56.6 Å². The van der Waals surface area contributed by atoms with E-state index < -0.39 is 0 Å². The van der Waals surface area contributed by atoms with E-state index in [1.807, 2.05) is 0 Å². The maximum absolute atomic E-state index is 0. The van der Waals surface area contributed by atoms with E-state index in [-0.39, 0.29) is 105 Å². The van der Waals surface area contributed by atoms with E-state index in [0.29, 0.717) is 0 Å². The zero-order valence-corrected chi connectivity index (χ0v) is 8.62. The van der Waals surface area contributed by atoms with Crippen molar-refractivity contribution < 1.29 is 67.2 Å². The standard InChI is InChI=1S/Ca.Li.Nb.Ti.3H/q+2;+1;;;3*-1. The molecule has 1 radical (unpaired) electrons. The number of hydrogen-bond donors (Lipinski definition) is 0. The molecular formula is H3CaLiNbTi. The van der Waals surface area contributed by atoms with E-state index in [2.05, 4.69) is 0 Å². The average molecular weight is 191 g/mol. The van der Waals surface area contributed by atoms with Crippen LogP contribution in [-0.4, -0.2) is 37.7 Å². The minimum absolute atomic E-state index is 0. The molecule has 4 heavy (non-hydrogen) atoms. The molecule has 0 heterocycles. The molecular weight excluding hydrogens is 188 g/mol. The Hall–Kier alpha value is 3.31. The molecule has 0 aliphatic heterocycles. The Morgan fingerprint density at radius 1 is 1.25 bits per heavy atom. The summed E-state index contributed by atoms with van der Waals surface area (Å²) in [6.45, 7) is 0. The largest absolute Gasteiger partial charge is 2.00 e. The van der Waals surface area contributed by atoms with Crippen LogP contribution < -0.4 is 18.9 Å². The molecule has 0 aromatic carbocycles. The predicted molar refractivity (Wildman–Crippen MR) is 9.09 cm³/mol. The van der Waals surface area contributed by atoms with Crippen molar-refractivity contribution in [1.29, 1.82) is 0 Å². The van der Waals surface area contributed by atoms with Crippen LogP contribution in [0.1, 0.15) is 4.28 Å². The van der Waals surface area contributed by atoms with Gasteiger partial charge in [-0.1, -0.05) is 0 Å². The molecule has 0 nitrogen and oxygen atoms in total. The molecule has 0 bridgehead atoms. The summed E-state index contributed by atoms with van der Waals surface area (Å²) < 4.78 is 0. The van der Waals surface area contributed by atoms with E-state index in [4.69, 9.17) is 0 Å². The maximum Gasteiger partial charge on any atom is 2.00 e. The van der Waals surface area contributed by atoms with Crippen molar-refractivity contribution >= 4 is 37.7 Å². The molecule has 0 N–H and O–H groups in total. The topological polar surface area (TPSA) is 0 Å². The van der Waals surface area contributed by atoms with Crippen molar-refractivity contribution in [2.24, 2.45) is 0 Å². The molecule has 0 aromatic rings. The third kappa shape index (κ3) is 9.00. The van der Waals surface area contributed by atoms with Gasteiger partial charge in [0.1, 0.15) is 0 Å². The van der Waals surface area contributed by atoms with Gasteiger partial charge in [0.2, 0.25) is 0 Å². The van der Waals surface area contributed by atoms with Gasteiger partial charge in [-0.05, 0) is 0 Å². The first-order valence-corrected chi connectivity index (χ1v) is 0. The van der Waals surface area contributed by atoms with Crippen molar-refractivity contribution in [2.75, 3.05) is 0 Å². The monoisotopic (exact) mass is 191 g/mol. The smallest absolute Gasteiger partial charge is 1.00 e. The maximum atomic E-state index is 0. The van der Waals surface area contributed by atoms with Gasteiger partial charge in [-0.15, -0.1) is 0 Å². The molecule has 0 spiro atoms. The van der Waals surface area contributed by atoms with Gasteiger partial charge in [0, 0.05) is 44.1 Å². The number of rotatable bonds is 0. The third-order valence-electron chi connectivity index (χ3n) is 0. The van der Waals surface area contributed by atoms with Crippen LogP contribution in [0.2, 0.25) is 0 Å². The molecule has 0 aliphatic carbocycles. The Morgan fingerprint density at radius 2 is 1.25 bits per heavy atom. The van der Waals surface area contributed by atoms with Crippen molar-refractivity contribution in [2.45, 2.75) is 0 Å². The first-order valence-electron chi connectivity index (χ1n) is 0. The minimum atomic E-state index is 0. The zero-order chi connectivity index (χ0) is 0. The van der Waals surface area contributed by atoms with Gasteiger partial charge in [0.25, 0.3) is 0 Å². The van der Waals surface area contributed by atoms with E-state index in [1.165, 1.54) is 0 Å². The van der Waals surface area contributed by atoms with E-state index in [1.54, 1.807) is 0 Å². The van der Waals surface area contributed by atoms with Crippen LogP contribution in [0.4, 0.5) is 0 Å². The summed E-state index contributed by atoms with van der Waals surface area (Å²) in [4.78, 5) is 0. The first kappa shape index (κ1) is 26.6. The quantitative estimate of drug-likeness (QED) is 0.357. The van der Waals surface area contributed by atoms with Crippen LogP contribution in [0.15, 0.2) is 0 Å². The Balaban J connectivity index is 0. The molecule has 15 valence electrons. The summed E-state index contributed by atoms with van der Waals surface area (Å²) in [5.41, 5.74) is 0. The van der Waals surface area contributed by atoms with E-state index in [0.717, 1.165) is 0 Å². The second-order valence-corrected chi connectivity index (χ2v) is 0. The fraction of sp³-hybridized carbons (Fsp3) is 0. The van der Waals surface area contributed by atoms with Crippen molar-refractivity contribution in [3.63, 3.8) is 0 Å². The molecule has 0 unspecified atom stereocenters. The Bertz CT molecular complexity index is 14.9. The number of hydrogen-bond acceptors (Lipinski definition) is 0.